The molecule has 1 N–H and O–H groups in total. The molecule has 0 bridgehead atoms. The smallest absolute Gasteiger partial charge is 0.303 e. The van der Waals surface area contributed by atoms with E-state index in [0.717, 1.165) is 0 Å². The summed E-state index contributed by atoms with van der Waals surface area (Å²) in [6.07, 6.45) is 0.295. The van der Waals surface area contributed by atoms with E-state index < -0.39 is 10.9 Å². The van der Waals surface area contributed by atoms with Crippen LogP contribution in [0.3, 0.4) is 0 Å². The summed E-state index contributed by atoms with van der Waals surface area (Å²) in [5.41, 5.74) is 0.124. The Kier molecular flexibility index (Phi) is 4.27. The van der Waals surface area contributed by atoms with E-state index in [0.29, 0.717) is 6.42 Å². The van der Waals surface area contributed by atoms with E-state index in [1.165, 1.54) is 12.1 Å². The van der Waals surface area contributed by atoms with Crippen LogP contribution < -0.4 is 0 Å². The number of aromatic nitrogens is 2. The van der Waals surface area contributed by atoms with Crippen LogP contribution >= 0.6 is 0 Å². The predicted molar refractivity (Wildman–Crippen MR) is 71.5 cm³/mol. The molecule has 1 aromatic carbocycles. The van der Waals surface area contributed by atoms with Crippen LogP contribution in [0.4, 0.5) is 5.69 Å². The van der Waals surface area contributed by atoms with Crippen molar-refractivity contribution in [2.24, 2.45) is 5.92 Å². The SMILES string of the molecule is CC(CC(=O)O)Cc1nnc(-c2ccccc2[N+](=O)[O-])o1. The summed E-state index contributed by atoms with van der Waals surface area (Å²) < 4.78 is 5.39. The number of aliphatic carboxylic acids is 1. The molecule has 1 unspecified atom stereocenters. The molecule has 0 aliphatic heterocycles. The third-order valence-electron chi connectivity index (χ3n) is 2.84. The van der Waals surface area contributed by atoms with Crippen molar-refractivity contribution in [1.82, 2.24) is 10.2 Å². The molecule has 21 heavy (non-hydrogen) atoms. The normalized spacial score (nSPS) is 12.0. The van der Waals surface area contributed by atoms with Crippen molar-refractivity contribution < 1.29 is 19.2 Å². The van der Waals surface area contributed by atoms with E-state index in [1.54, 1.807) is 19.1 Å². The van der Waals surface area contributed by atoms with Gasteiger partial charge in [-0.05, 0) is 12.0 Å². The maximum Gasteiger partial charge on any atom is 0.303 e. The number of carboxylic acids is 1. The summed E-state index contributed by atoms with van der Waals surface area (Å²) in [6.45, 7) is 1.75. The molecule has 8 heteroatoms. The second-order valence-corrected chi connectivity index (χ2v) is 4.68. The van der Waals surface area contributed by atoms with Crippen molar-refractivity contribution in [2.75, 3.05) is 0 Å². The van der Waals surface area contributed by atoms with Gasteiger partial charge in [-0.2, -0.15) is 0 Å². The second kappa shape index (κ2) is 6.12. The monoisotopic (exact) mass is 291 g/mol. The lowest BCUT2D eigenvalue weighted by Gasteiger charge is -2.03. The minimum Gasteiger partial charge on any atom is -0.481 e. The van der Waals surface area contributed by atoms with Gasteiger partial charge in [0.2, 0.25) is 5.89 Å². The van der Waals surface area contributed by atoms with Crippen LogP contribution in [0.25, 0.3) is 11.5 Å². The zero-order valence-electron chi connectivity index (χ0n) is 11.2. The molecule has 1 heterocycles. The summed E-state index contributed by atoms with van der Waals surface area (Å²) in [4.78, 5) is 21.0. The number of rotatable bonds is 6. The Bertz CT molecular complexity index is 667. The van der Waals surface area contributed by atoms with Gasteiger partial charge in [0.05, 0.1) is 4.92 Å². The molecule has 2 aromatic rings. The van der Waals surface area contributed by atoms with Crippen molar-refractivity contribution in [1.29, 1.82) is 0 Å². The van der Waals surface area contributed by atoms with E-state index in [1.807, 2.05) is 0 Å². The standard InChI is InChI=1S/C13H13N3O5/c1-8(7-12(17)18)6-11-14-15-13(21-11)9-4-2-3-5-10(9)16(19)20/h2-5,8H,6-7H2,1H3,(H,17,18). The van der Waals surface area contributed by atoms with Gasteiger partial charge in [0, 0.05) is 18.9 Å². The van der Waals surface area contributed by atoms with Gasteiger partial charge in [0.25, 0.3) is 11.6 Å². The first-order chi connectivity index (χ1) is 9.97. The zero-order valence-corrected chi connectivity index (χ0v) is 11.2. The zero-order chi connectivity index (χ0) is 15.4. The van der Waals surface area contributed by atoms with Gasteiger partial charge in [0.15, 0.2) is 0 Å². The van der Waals surface area contributed by atoms with Gasteiger partial charge >= 0.3 is 5.97 Å². The number of nitro benzene ring substituents is 1. The minimum atomic E-state index is -0.902. The number of carbonyl (C=O) groups is 1. The highest BCUT2D eigenvalue weighted by atomic mass is 16.6. The van der Waals surface area contributed by atoms with E-state index in [9.17, 15) is 14.9 Å². The number of carboxylic acid groups (broad SMARTS) is 1. The third kappa shape index (κ3) is 3.62. The molecule has 0 saturated heterocycles. The molecule has 0 amide bonds. The summed E-state index contributed by atoms with van der Waals surface area (Å²) >= 11 is 0. The Morgan fingerprint density at radius 2 is 2.14 bits per heavy atom. The van der Waals surface area contributed by atoms with Crippen LogP contribution in [-0.4, -0.2) is 26.2 Å². The number of benzene rings is 1. The molecule has 110 valence electrons. The number of nitro groups is 1. The fourth-order valence-electron chi connectivity index (χ4n) is 1.93. The van der Waals surface area contributed by atoms with Crippen LogP contribution in [-0.2, 0) is 11.2 Å². The molecule has 0 spiro atoms. The van der Waals surface area contributed by atoms with E-state index in [2.05, 4.69) is 10.2 Å². The molecule has 0 aliphatic rings. The summed E-state index contributed by atoms with van der Waals surface area (Å²) in [7, 11) is 0. The van der Waals surface area contributed by atoms with Crippen molar-refractivity contribution in [3.63, 3.8) is 0 Å². The Hall–Kier alpha value is -2.77. The Morgan fingerprint density at radius 1 is 1.43 bits per heavy atom. The first kappa shape index (κ1) is 14.6. The summed E-state index contributed by atoms with van der Waals surface area (Å²) in [5.74, 6) is -0.751. The van der Waals surface area contributed by atoms with Crippen LogP contribution in [0, 0.1) is 16.0 Å². The van der Waals surface area contributed by atoms with E-state index in [-0.39, 0.29) is 35.4 Å². The van der Waals surface area contributed by atoms with Gasteiger partial charge in [-0.25, -0.2) is 0 Å². The van der Waals surface area contributed by atoms with Gasteiger partial charge < -0.3 is 9.52 Å². The largest absolute Gasteiger partial charge is 0.481 e. The molecule has 8 nitrogen and oxygen atoms in total. The molecule has 0 saturated carbocycles. The quantitative estimate of drug-likeness (QED) is 0.640. The lowest BCUT2D eigenvalue weighted by Crippen LogP contribution is -2.07. The molecule has 0 radical (unpaired) electrons. The third-order valence-corrected chi connectivity index (χ3v) is 2.84. The lowest BCUT2D eigenvalue weighted by atomic mass is 10.0. The maximum atomic E-state index is 11.0. The molecular weight excluding hydrogens is 278 g/mol. The van der Waals surface area contributed by atoms with Gasteiger partial charge in [-0.3, -0.25) is 14.9 Å². The Balaban J connectivity index is 2.21. The van der Waals surface area contributed by atoms with Crippen molar-refractivity contribution >= 4 is 11.7 Å². The minimum absolute atomic E-state index is 0.0107. The number of nitrogens with zero attached hydrogens (tertiary/aromatic N) is 3. The second-order valence-electron chi connectivity index (χ2n) is 4.68. The molecule has 2 rings (SSSR count). The number of hydrogen-bond acceptors (Lipinski definition) is 6. The Morgan fingerprint density at radius 3 is 2.81 bits per heavy atom. The van der Waals surface area contributed by atoms with Crippen LogP contribution in [0.1, 0.15) is 19.2 Å². The predicted octanol–water partition coefficient (Wildman–Crippen LogP) is 2.30. The Labute approximate surface area is 119 Å². The van der Waals surface area contributed by atoms with Gasteiger partial charge in [-0.15, -0.1) is 10.2 Å². The molecule has 0 fully saturated rings. The summed E-state index contributed by atoms with van der Waals surface area (Å²) in [5, 5.41) is 27.3. The van der Waals surface area contributed by atoms with Crippen molar-refractivity contribution in [3.8, 4) is 11.5 Å². The number of para-hydroxylation sites is 1. The average Bonchev–Trinajstić information content (AvgIpc) is 2.85. The lowest BCUT2D eigenvalue weighted by molar-refractivity contribution is -0.384. The number of hydrogen-bond donors (Lipinski definition) is 1. The van der Waals surface area contributed by atoms with Crippen LogP contribution in [0.15, 0.2) is 28.7 Å². The molecule has 1 atom stereocenters. The van der Waals surface area contributed by atoms with Gasteiger partial charge in [-0.1, -0.05) is 19.1 Å². The highest BCUT2D eigenvalue weighted by Gasteiger charge is 2.20. The van der Waals surface area contributed by atoms with Gasteiger partial charge in [0.1, 0.15) is 5.56 Å². The first-order valence-corrected chi connectivity index (χ1v) is 6.25. The highest BCUT2D eigenvalue weighted by molar-refractivity contribution is 5.67. The maximum absolute atomic E-state index is 11.0. The topological polar surface area (TPSA) is 119 Å². The average molecular weight is 291 g/mol. The van der Waals surface area contributed by atoms with Crippen LogP contribution in [0.2, 0.25) is 0 Å². The van der Waals surface area contributed by atoms with Crippen molar-refractivity contribution in [3.05, 3.63) is 40.3 Å². The van der Waals surface area contributed by atoms with E-state index >= 15 is 0 Å². The summed E-state index contributed by atoms with van der Waals surface area (Å²) in [6, 6.07) is 6.06. The first-order valence-electron chi connectivity index (χ1n) is 6.25. The van der Waals surface area contributed by atoms with Crippen LogP contribution in [0.5, 0.6) is 0 Å². The molecule has 0 aliphatic carbocycles. The fraction of sp³-hybridized carbons (Fsp3) is 0.308. The van der Waals surface area contributed by atoms with Crippen molar-refractivity contribution in [2.45, 2.75) is 19.8 Å². The molecule has 1 aromatic heterocycles. The molecular formula is C13H13N3O5. The highest BCUT2D eigenvalue weighted by Crippen LogP contribution is 2.28. The fourth-order valence-corrected chi connectivity index (χ4v) is 1.93. The van der Waals surface area contributed by atoms with E-state index in [4.69, 9.17) is 9.52 Å².